The molecule has 1 aromatic heterocycles. The van der Waals surface area contributed by atoms with Crippen molar-refractivity contribution in [2.75, 3.05) is 0 Å². The number of benzene rings is 1. The molecule has 2 aromatic rings. The van der Waals surface area contributed by atoms with Crippen LogP contribution in [0.15, 0.2) is 42.9 Å². The standard InChI is InChI=1S/C13H14N2/c1-10(2)13-12(8-14-9-15-13)11-6-4-3-5-7-11/h3-10H,1-2H3. The number of rotatable bonds is 2. The summed E-state index contributed by atoms with van der Waals surface area (Å²) >= 11 is 0. The Morgan fingerprint density at radius 1 is 1.07 bits per heavy atom. The molecule has 0 atom stereocenters. The van der Waals surface area contributed by atoms with E-state index in [0.29, 0.717) is 5.92 Å². The molecule has 0 unspecified atom stereocenters. The minimum atomic E-state index is 0.420. The first kappa shape index (κ1) is 9.84. The van der Waals surface area contributed by atoms with E-state index in [-0.39, 0.29) is 0 Å². The maximum atomic E-state index is 4.34. The highest BCUT2D eigenvalue weighted by Gasteiger charge is 2.09. The van der Waals surface area contributed by atoms with Crippen LogP contribution in [0.4, 0.5) is 0 Å². The molecule has 0 saturated heterocycles. The van der Waals surface area contributed by atoms with Crippen LogP contribution in [-0.4, -0.2) is 9.97 Å². The number of hydrogen-bond donors (Lipinski definition) is 0. The predicted octanol–water partition coefficient (Wildman–Crippen LogP) is 3.27. The van der Waals surface area contributed by atoms with E-state index < -0.39 is 0 Å². The van der Waals surface area contributed by atoms with Crippen LogP contribution in [0.5, 0.6) is 0 Å². The second kappa shape index (κ2) is 4.22. The largest absolute Gasteiger partial charge is 0.244 e. The lowest BCUT2D eigenvalue weighted by Gasteiger charge is -2.10. The Bertz CT molecular complexity index is 435. The van der Waals surface area contributed by atoms with Crippen molar-refractivity contribution in [3.8, 4) is 11.1 Å². The molecule has 0 amide bonds. The second-order valence-corrected chi connectivity index (χ2v) is 3.84. The van der Waals surface area contributed by atoms with Crippen molar-refractivity contribution < 1.29 is 0 Å². The lowest BCUT2D eigenvalue weighted by atomic mass is 9.99. The maximum Gasteiger partial charge on any atom is 0.115 e. The Balaban J connectivity index is 2.53. The van der Waals surface area contributed by atoms with Crippen LogP contribution in [-0.2, 0) is 0 Å². The van der Waals surface area contributed by atoms with Gasteiger partial charge < -0.3 is 0 Å². The van der Waals surface area contributed by atoms with Gasteiger partial charge in [-0.1, -0.05) is 44.2 Å². The molecule has 0 aliphatic carbocycles. The molecule has 0 aliphatic heterocycles. The highest BCUT2D eigenvalue weighted by atomic mass is 14.8. The van der Waals surface area contributed by atoms with E-state index in [2.05, 4.69) is 35.9 Å². The topological polar surface area (TPSA) is 25.8 Å². The lowest BCUT2D eigenvalue weighted by molar-refractivity contribution is 0.817. The fourth-order valence-corrected chi connectivity index (χ4v) is 1.64. The van der Waals surface area contributed by atoms with Gasteiger partial charge in [-0.05, 0) is 11.5 Å². The molecule has 0 spiro atoms. The van der Waals surface area contributed by atoms with Crippen molar-refractivity contribution in [1.82, 2.24) is 9.97 Å². The number of hydrogen-bond acceptors (Lipinski definition) is 2. The van der Waals surface area contributed by atoms with Gasteiger partial charge in [0.25, 0.3) is 0 Å². The summed E-state index contributed by atoms with van der Waals surface area (Å²) in [7, 11) is 0. The average molecular weight is 198 g/mol. The van der Waals surface area contributed by atoms with Crippen LogP contribution in [0.1, 0.15) is 25.5 Å². The third kappa shape index (κ3) is 2.04. The highest BCUT2D eigenvalue weighted by Crippen LogP contribution is 2.25. The molecule has 2 rings (SSSR count). The van der Waals surface area contributed by atoms with Gasteiger partial charge in [-0.25, -0.2) is 9.97 Å². The van der Waals surface area contributed by atoms with Gasteiger partial charge in [-0.2, -0.15) is 0 Å². The quantitative estimate of drug-likeness (QED) is 0.740. The van der Waals surface area contributed by atoms with Crippen molar-refractivity contribution in [3.63, 3.8) is 0 Å². The first-order valence-electron chi connectivity index (χ1n) is 5.14. The molecule has 0 bridgehead atoms. The van der Waals surface area contributed by atoms with Gasteiger partial charge in [-0.3, -0.25) is 0 Å². The van der Waals surface area contributed by atoms with Gasteiger partial charge in [0.2, 0.25) is 0 Å². The number of aromatic nitrogens is 2. The maximum absolute atomic E-state index is 4.34. The van der Waals surface area contributed by atoms with Gasteiger partial charge in [0.05, 0.1) is 5.69 Å². The summed E-state index contributed by atoms with van der Waals surface area (Å²) in [6, 6.07) is 10.3. The van der Waals surface area contributed by atoms with Crippen LogP contribution in [0.2, 0.25) is 0 Å². The summed E-state index contributed by atoms with van der Waals surface area (Å²) < 4.78 is 0. The van der Waals surface area contributed by atoms with Gasteiger partial charge in [0.1, 0.15) is 6.33 Å². The monoisotopic (exact) mass is 198 g/mol. The first-order valence-corrected chi connectivity index (χ1v) is 5.14. The summed E-state index contributed by atoms with van der Waals surface area (Å²) in [5.74, 6) is 0.420. The molecule has 2 nitrogen and oxygen atoms in total. The van der Waals surface area contributed by atoms with Crippen LogP contribution in [0.25, 0.3) is 11.1 Å². The van der Waals surface area contributed by atoms with E-state index in [1.807, 2.05) is 24.4 Å². The summed E-state index contributed by atoms with van der Waals surface area (Å²) in [4.78, 5) is 8.44. The fraction of sp³-hybridized carbons (Fsp3) is 0.231. The molecule has 0 fully saturated rings. The normalized spacial score (nSPS) is 10.6. The third-order valence-electron chi connectivity index (χ3n) is 2.37. The van der Waals surface area contributed by atoms with Crippen molar-refractivity contribution in [2.24, 2.45) is 0 Å². The summed E-state index contributed by atoms with van der Waals surface area (Å²) in [5, 5.41) is 0. The van der Waals surface area contributed by atoms with Crippen LogP contribution >= 0.6 is 0 Å². The summed E-state index contributed by atoms with van der Waals surface area (Å²) in [6.45, 7) is 4.30. The zero-order valence-corrected chi connectivity index (χ0v) is 9.01. The predicted molar refractivity (Wildman–Crippen MR) is 61.6 cm³/mol. The Kier molecular flexibility index (Phi) is 2.77. The Labute approximate surface area is 90.0 Å². The smallest absolute Gasteiger partial charge is 0.115 e. The third-order valence-corrected chi connectivity index (χ3v) is 2.37. The van der Waals surface area contributed by atoms with Gasteiger partial charge in [0, 0.05) is 11.8 Å². The van der Waals surface area contributed by atoms with E-state index in [9.17, 15) is 0 Å². The van der Waals surface area contributed by atoms with E-state index in [0.717, 1.165) is 11.3 Å². The van der Waals surface area contributed by atoms with Crippen molar-refractivity contribution in [2.45, 2.75) is 19.8 Å². The van der Waals surface area contributed by atoms with Crippen LogP contribution in [0.3, 0.4) is 0 Å². The van der Waals surface area contributed by atoms with Gasteiger partial charge >= 0.3 is 0 Å². The fourth-order valence-electron chi connectivity index (χ4n) is 1.64. The van der Waals surface area contributed by atoms with Crippen molar-refractivity contribution in [3.05, 3.63) is 48.5 Å². The van der Waals surface area contributed by atoms with E-state index in [4.69, 9.17) is 0 Å². The molecule has 2 heteroatoms. The number of nitrogens with zero attached hydrogens (tertiary/aromatic N) is 2. The van der Waals surface area contributed by atoms with Gasteiger partial charge in [0.15, 0.2) is 0 Å². The zero-order valence-electron chi connectivity index (χ0n) is 9.01. The Morgan fingerprint density at radius 3 is 2.47 bits per heavy atom. The minimum Gasteiger partial charge on any atom is -0.244 e. The van der Waals surface area contributed by atoms with Crippen LogP contribution < -0.4 is 0 Å². The first-order chi connectivity index (χ1) is 7.29. The lowest BCUT2D eigenvalue weighted by Crippen LogP contribution is -1.97. The SMILES string of the molecule is CC(C)c1ncncc1-c1ccccc1. The Hall–Kier alpha value is -1.70. The molecule has 0 N–H and O–H groups in total. The van der Waals surface area contributed by atoms with E-state index in [1.165, 1.54) is 5.56 Å². The van der Waals surface area contributed by atoms with E-state index >= 15 is 0 Å². The van der Waals surface area contributed by atoms with E-state index in [1.54, 1.807) is 6.33 Å². The van der Waals surface area contributed by atoms with Gasteiger partial charge in [-0.15, -0.1) is 0 Å². The second-order valence-electron chi connectivity index (χ2n) is 3.84. The molecule has 0 aliphatic rings. The molecule has 0 saturated carbocycles. The molecule has 0 radical (unpaired) electrons. The molecule has 15 heavy (non-hydrogen) atoms. The highest BCUT2D eigenvalue weighted by molar-refractivity contribution is 5.65. The average Bonchev–Trinajstić information content (AvgIpc) is 2.30. The molecular weight excluding hydrogens is 184 g/mol. The Morgan fingerprint density at radius 2 is 1.80 bits per heavy atom. The minimum absolute atomic E-state index is 0.420. The molecule has 1 heterocycles. The summed E-state index contributed by atoms with van der Waals surface area (Å²) in [5.41, 5.74) is 3.42. The van der Waals surface area contributed by atoms with Crippen molar-refractivity contribution in [1.29, 1.82) is 0 Å². The zero-order chi connectivity index (χ0) is 10.7. The molecule has 1 aromatic carbocycles. The molecular formula is C13H14N2. The van der Waals surface area contributed by atoms with Crippen LogP contribution in [0, 0.1) is 0 Å². The summed E-state index contributed by atoms with van der Waals surface area (Å²) in [6.07, 6.45) is 3.50. The van der Waals surface area contributed by atoms with Crippen molar-refractivity contribution >= 4 is 0 Å². The molecule has 76 valence electrons.